The number of nitrogens with zero attached hydrogens (tertiary/aromatic N) is 8. The number of fused-ring (bicyclic) bond motifs is 4. The second-order valence-electron chi connectivity index (χ2n) is 20.0. The molecule has 6 aromatic rings. The third-order valence-electron chi connectivity index (χ3n) is 16.1. The van der Waals surface area contributed by atoms with E-state index in [-0.39, 0.29) is 36.5 Å². The lowest BCUT2D eigenvalue weighted by Gasteiger charge is -2.43. The molecule has 69 heavy (non-hydrogen) atoms. The number of para-hydroxylation sites is 2. The van der Waals surface area contributed by atoms with E-state index in [0.717, 1.165) is 129 Å². The average molecular weight is 934 g/mol. The summed E-state index contributed by atoms with van der Waals surface area (Å²) >= 11 is 0. The van der Waals surface area contributed by atoms with Crippen LogP contribution in [0.3, 0.4) is 0 Å². The number of rotatable bonds is 8. The van der Waals surface area contributed by atoms with Gasteiger partial charge in [0, 0.05) is 85.4 Å². The van der Waals surface area contributed by atoms with E-state index in [9.17, 15) is 9.59 Å². The van der Waals surface area contributed by atoms with Crippen molar-refractivity contribution >= 4 is 23.2 Å². The Bertz CT molecular complexity index is 2850. The van der Waals surface area contributed by atoms with Crippen LogP contribution in [-0.2, 0) is 52.3 Å². The van der Waals surface area contributed by atoms with Gasteiger partial charge in [0.15, 0.2) is 0 Å². The molecule has 14 heteroatoms. The lowest BCUT2D eigenvalue weighted by molar-refractivity contribution is -0.126. The Morgan fingerprint density at radius 3 is 1.55 bits per heavy atom. The van der Waals surface area contributed by atoms with Gasteiger partial charge in [0.2, 0.25) is 11.8 Å². The average Bonchev–Trinajstić information content (AvgIpc) is 4.24. The molecule has 12 rings (SSSR count). The van der Waals surface area contributed by atoms with Crippen molar-refractivity contribution in [2.45, 2.75) is 80.9 Å². The summed E-state index contributed by atoms with van der Waals surface area (Å²) in [6.45, 7) is 7.86. The van der Waals surface area contributed by atoms with Crippen molar-refractivity contribution in [3.05, 3.63) is 144 Å². The lowest BCUT2D eigenvalue weighted by atomic mass is 9.73. The Balaban J connectivity index is 0.000000151. The molecule has 0 radical (unpaired) electrons. The summed E-state index contributed by atoms with van der Waals surface area (Å²) in [7, 11) is 3.68. The normalized spacial score (nSPS) is 22.0. The number of piperidine rings is 3. The first-order valence-corrected chi connectivity index (χ1v) is 24.7. The number of ether oxygens (including phenoxy) is 1. The van der Waals surface area contributed by atoms with Crippen molar-refractivity contribution < 1.29 is 23.1 Å². The van der Waals surface area contributed by atoms with Gasteiger partial charge in [-0.15, -0.1) is 0 Å². The monoisotopic (exact) mass is 933 g/mol. The summed E-state index contributed by atoms with van der Waals surface area (Å²) in [5, 5.41) is 11.9. The molecule has 6 aliphatic rings. The molecule has 8 heterocycles. The van der Waals surface area contributed by atoms with Crippen molar-refractivity contribution in [1.29, 1.82) is 0 Å². The molecule has 4 fully saturated rings. The molecule has 0 bridgehead atoms. The highest BCUT2D eigenvalue weighted by molar-refractivity contribution is 6.09. The van der Waals surface area contributed by atoms with Crippen LogP contribution in [0, 0.1) is 11.6 Å². The zero-order valence-electron chi connectivity index (χ0n) is 39.6. The number of likely N-dealkylation sites (tertiary alicyclic amines) is 2. The van der Waals surface area contributed by atoms with E-state index in [1.807, 2.05) is 79.9 Å². The minimum atomic E-state index is -0.515. The summed E-state index contributed by atoms with van der Waals surface area (Å²) in [5.74, 6) is -0.372. The van der Waals surface area contributed by atoms with Crippen LogP contribution in [-0.4, -0.2) is 106 Å². The Hall–Kier alpha value is -6.06. The fraction of sp³-hybridized carbons (Fsp3) is 0.418. The number of anilines is 2. The maximum absolute atomic E-state index is 15.2. The van der Waals surface area contributed by atoms with Gasteiger partial charge in [-0.2, -0.15) is 10.2 Å². The Morgan fingerprint density at radius 2 is 1.13 bits per heavy atom. The third-order valence-corrected chi connectivity index (χ3v) is 16.1. The number of benzene rings is 4. The van der Waals surface area contributed by atoms with Gasteiger partial charge < -0.3 is 19.9 Å². The molecule has 0 aliphatic carbocycles. The standard InChI is InChI=1S/C28H32FN5O.C27H29FN4O2/c1-32-18-22(16-31-32)20-8-9-21(25(29)15-20)19-34-26-7-3-2-6-24(26)28(27(34)35)10-13-33(14-11-28)23-5-4-12-30-17-23;1-30-16-21(15-29-30)19-6-7-20(24(28)14-19)17-32-25-5-3-2-4-23(25)27(26(32)33)9-11-31(12-10-27)22-8-13-34-18-22/h2-3,6-9,15-16,18,23,30H,4-5,10-14,17,19H2,1H3;2-7,14-16,22H,8-13,17-18H2,1H3. The minimum absolute atomic E-state index is 0.103. The number of aromatic nitrogens is 4. The molecular formula is C55H61F2N9O3. The molecule has 358 valence electrons. The number of aryl methyl sites for hydroxylation is 2. The Labute approximate surface area is 402 Å². The smallest absolute Gasteiger partial charge is 0.238 e. The highest BCUT2D eigenvalue weighted by Gasteiger charge is 2.54. The number of carbonyl (C=O) groups excluding carboxylic acids is 2. The van der Waals surface area contributed by atoms with E-state index < -0.39 is 10.8 Å². The number of amides is 2. The zero-order chi connectivity index (χ0) is 47.3. The highest BCUT2D eigenvalue weighted by Crippen LogP contribution is 2.50. The predicted octanol–water partition coefficient (Wildman–Crippen LogP) is 7.75. The van der Waals surface area contributed by atoms with Crippen LogP contribution in [0.4, 0.5) is 20.2 Å². The first-order chi connectivity index (χ1) is 33.6. The molecule has 2 spiro atoms. The van der Waals surface area contributed by atoms with Gasteiger partial charge in [-0.1, -0.05) is 60.7 Å². The van der Waals surface area contributed by atoms with Crippen LogP contribution in [0.5, 0.6) is 0 Å². The summed E-state index contributed by atoms with van der Waals surface area (Å²) in [6, 6.07) is 27.7. The first-order valence-electron chi connectivity index (χ1n) is 24.7. The van der Waals surface area contributed by atoms with Crippen LogP contribution in [0.1, 0.15) is 67.2 Å². The van der Waals surface area contributed by atoms with E-state index in [0.29, 0.717) is 23.2 Å². The zero-order valence-corrected chi connectivity index (χ0v) is 39.6. The summed E-state index contributed by atoms with van der Waals surface area (Å²) in [5.41, 5.74) is 7.40. The highest BCUT2D eigenvalue weighted by atomic mass is 19.1. The maximum atomic E-state index is 15.2. The molecule has 2 atom stereocenters. The summed E-state index contributed by atoms with van der Waals surface area (Å²) in [4.78, 5) is 36.6. The largest absolute Gasteiger partial charge is 0.380 e. The topological polar surface area (TPSA) is 104 Å². The van der Waals surface area contributed by atoms with Gasteiger partial charge in [0.1, 0.15) is 11.6 Å². The van der Waals surface area contributed by atoms with E-state index in [1.54, 1.807) is 44.9 Å². The van der Waals surface area contributed by atoms with E-state index in [1.165, 1.54) is 18.9 Å². The molecule has 12 nitrogen and oxygen atoms in total. The number of hydrogen-bond donors (Lipinski definition) is 1. The maximum Gasteiger partial charge on any atom is 0.238 e. The van der Waals surface area contributed by atoms with Gasteiger partial charge in [-0.3, -0.25) is 28.8 Å². The van der Waals surface area contributed by atoms with Crippen molar-refractivity contribution in [2.75, 3.05) is 62.3 Å². The second kappa shape index (κ2) is 18.7. The number of halogens is 2. The number of carbonyl (C=O) groups is 2. The Kier molecular flexibility index (Phi) is 12.3. The van der Waals surface area contributed by atoms with Gasteiger partial charge in [-0.05, 0) is 124 Å². The van der Waals surface area contributed by atoms with Crippen molar-refractivity contribution in [3.8, 4) is 22.3 Å². The van der Waals surface area contributed by atoms with Crippen LogP contribution in [0.2, 0.25) is 0 Å². The molecule has 2 amide bonds. The first kappa shape index (κ1) is 45.4. The number of hydrogen-bond acceptors (Lipinski definition) is 8. The minimum Gasteiger partial charge on any atom is -0.380 e. The summed E-state index contributed by atoms with van der Waals surface area (Å²) in [6.07, 6.45) is 13.9. The van der Waals surface area contributed by atoms with Crippen molar-refractivity contribution in [3.63, 3.8) is 0 Å². The fourth-order valence-corrected chi connectivity index (χ4v) is 12.2. The molecule has 0 saturated carbocycles. The summed E-state index contributed by atoms with van der Waals surface area (Å²) < 4.78 is 39.4. The molecule has 1 N–H and O–H groups in total. The van der Waals surface area contributed by atoms with E-state index in [4.69, 9.17) is 4.74 Å². The van der Waals surface area contributed by atoms with Crippen LogP contribution < -0.4 is 15.1 Å². The fourth-order valence-electron chi connectivity index (χ4n) is 12.2. The lowest BCUT2D eigenvalue weighted by Crippen LogP contribution is -2.54. The SMILES string of the molecule is Cn1cc(-c2ccc(CN3C(=O)C4(CCN(C5CCCNC5)CC4)c4ccccc43)c(F)c2)cn1.Cn1cc(-c2ccc(CN3C(=O)C4(CCN(C5CCOC5)CC4)c4ccccc43)c(F)c2)cn1. The van der Waals surface area contributed by atoms with Crippen LogP contribution in [0.25, 0.3) is 22.3 Å². The van der Waals surface area contributed by atoms with Crippen LogP contribution >= 0.6 is 0 Å². The van der Waals surface area contributed by atoms with Crippen molar-refractivity contribution in [1.82, 2.24) is 34.7 Å². The predicted molar refractivity (Wildman–Crippen MR) is 263 cm³/mol. The quantitative estimate of drug-likeness (QED) is 0.165. The molecule has 2 unspecified atom stereocenters. The van der Waals surface area contributed by atoms with Gasteiger partial charge in [0.05, 0.1) is 42.9 Å². The molecule has 6 aliphatic heterocycles. The molecule has 2 aromatic heterocycles. The van der Waals surface area contributed by atoms with Gasteiger partial charge >= 0.3 is 0 Å². The molecular weight excluding hydrogens is 873 g/mol. The van der Waals surface area contributed by atoms with Gasteiger partial charge in [-0.25, -0.2) is 8.78 Å². The molecule has 4 aromatic carbocycles. The van der Waals surface area contributed by atoms with Crippen LogP contribution in [0.15, 0.2) is 110 Å². The number of nitrogens with one attached hydrogen (secondary N) is 1. The van der Waals surface area contributed by atoms with Crippen molar-refractivity contribution in [2.24, 2.45) is 14.1 Å². The van der Waals surface area contributed by atoms with E-state index >= 15 is 8.78 Å². The van der Waals surface area contributed by atoms with E-state index in [2.05, 4.69) is 37.4 Å². The Morgan fingerprint density at radius 1 is 0.638 bits per heavy atom. The third kappa shape index (κ3) is 8.38. The van der Waals surface area contributed by atoms with Gasteiger partial charge in [0.25, 0.3) is 0 Å². The second-order valence-corrected chi connectivity index (χ2v) is 20.0. The molecule has 4 saturated heterocycles.